The second-order valence-corrected chi connectivity index (χ2v) is 5.72. The summed E-state index contributed by atoms with van der Waals surface area (Å²) in [6.07, 6.45) is 2.15. The lowest BCUT2D eigenvalue weighted by molar-refractivity contribution is 0.0947. The summed E-state index contributed by atoms with van der Waals surface area (Å²) in [7, 11) is 0. The second kappa shape index (κ2) is 5.19. The zero-order valence-corrected chi connectivity index (χ0v) is 11.6. The SMILES string of the molecule is O=C(NC1CC1)c1csc(Nc2cccc(Cl)c2)n1. The van der Waals surface area contributed by atoms with Gasteiger partial charge in [-0.1, -0.05) is 17.7 Å². The van der Waals surface area contributed by atoms with Crippen LogP contribution in [0.3, 0.4) is 0 Å². The van der Waals surface area contributed by atoms with E-state index < -0.39 is 0 Å². The monoisotopic (exact) mass is 293 g/mol. The normalized spacial score (nSPS) is 14.2. The number of carbonyl (C=O) groups is 1. The molecule has 19 heavy (non-hydrogen) atoms. The maximum Gasteiger partial charge on any atom is 0.271 e. The third kappa shape index (κ3) is 3.24. The first-order valence-corrected chi connectivity index (χ1v) is 7.25. The van der Waals surface area contributed by atoms with Gasteiger partial charge < -0.3 is 10.6 Å². The number of carbonyl (C=O) groups excluding carboxylic acids is 1. The van der Waals surface area contributed by atoms with Crippen LogP contribution < -0.4 is 10.6 Å². The Labute approximate surface area is 119 Å². The summed E-state index contributed by atoms with van der Waals surface area (Å²) in [5.74, 6) is -0.0992. The molecule has 6 heteroatoms. The van der Waals surface area contributed by atoms with Gasteiger partial charge >= 0.3 is 0 Å². The molecular weight excluding hydrogens is 282 g/mol. The minimum atomic E-state index is -0.0992. The number of anilines is 2. The van der Waals surface area contributed by atoms with E-state index in [4.69, 9.17) is 11.6 Å². The molecule has 0 spiro atoms. The Morgan fingerprint density at radius 2 is 2.26 bits per heavy atom. The molecule has 1 heterocycles. The van der Waals surface area contributed by atoms with Crippen molar-refractivity contribution in [3.05, 3.63) is 40.4 Å². The molecule has 4 nitrogen and oxygen atoms in total. The molecule has 2 aromatic rings. The van der Waals surface area contributed by atoms with Crippen LogP contribution in [0.1, 0.15) is 23.3 Å². The predicted octanol–water partition coefficient (Wildman–Crippen LogP) is 3.43. The maximum absolute atomic E-state index is 11.8. The summed E-state index contributed by atoms with van der Waals surface area (Å²) >= 11 is 7.31. The van der Waals surface area contributed by atoms with Crippen molar-refractivity contribution in [3.63, 3.8) is 0 Å². The van der Waals surface area contributed by atoms with Crippen molar-refractivity contribution < 1.29 is 4.79 Å². The molecule has 0 saturated heterocycles. The van der Waals surface area contributed by atoms with Gasteiger partial charge in [-0.25, -0.2) is 4.98 Å². The molecule has 0 atom stereocenters. The fourth-order valence-electron chi connectivity index (χ4n) is 1.61. The highest BCUT2D eigenvalue weighted by Crippen LogP contribution is 2.24. The molecule has 1 saturated carbocycles. The molecule has 98 valence electrons. The molecule has 1 aromatic carbocycles. The second-order valence-electron chi connectivity index (χ2n) is 4.42. The van der Waals surface area contributed by atoms with Gasteiger partial charge in [-0.15, -0.1) is 11.3 Å². The topological polar surface area (TPSA) is 54.0 Å². The van der Waals surface area contributed by atoms with E-state index in [0.29, 0.717) is 21.9 Å². The van der Waals surface area contributed by atoms with Gasteiger partial charge in [-0.3, -0.25) is 4.79 Å². The van der Waals surface area contributed by atoms with Crippen molar-refractivity contribution in [1.29, 1.82) is 0 Å². The summed E-state index contributed by atoms with van der Waals surface area (Å²) in [6.45, 7) is 0. The van der Waals surface area contributed by atoms with Crippen LogP contribution in [0.25, 0.3) is 0 Å². The van der Waals surface area contributed by atoms with Gasteiger partial charge in [0.25, 0.3) is 5.91 Å². The highest BCUT2D eigenvalue weighted by molar-refractivity contribution is 7.14. The molecule has 1 aromatic heterocycles. The van der Waals surface area contributed by atoms with E-state index in [9.17, 15) is 4.79 Å². The van der Waals surface area contributed by atoms with E-state index in [1.807, 2.05) is 24.3 Å². The van der Waals surface area contributed by atoms with Crippen LogP contribution in [0.2, 0.25) is 5.02 Å². The van der Waals surface area contributed by atoms with Gasteiger partial charge in [0.2, 0.25) is 0 Å². The zero-order chi connectivity index (χ0) is 13.2. The van der Waals surface area contributed by atoms with Crippen molar-refractivity contribution in [2.75, 3.05) is 5.32 Å². The number of benzene rings is 1. The summed E-state index contributed by atoms with van der Waals surface area (Å²) in [4.78, 5) is 16.1. The highest BCUT2D eigenvalue weighted by atomic mass is 35.5. The lowest BCUT2D eigenvalue weighted by Crippen LogP contribution is -2.25. The number of nitrogens with zero attached hydrogens (tertiary/aromatic N) is 1. The van der Waals surface area contributed by atoms with Crippen LogP contribution in [-0.2, 0) is 0 Å². The number of nitrogens with one attached hydrogen (secondary N) is 2. The fraction of sp³-hybridized carbons (Fsp3) is 0.231. The van der Waals surface area contributed by atoms with Gasteiger partial charge in [0, 0.05) is 22.1 Å². The maximum atomic E-state index is 11.8. The Morgan fingerprint density at radius 1 is 1.42 bits per heavy atom. The van der Waals surface area contributed by atoms with Crippen LogP contribution in [0.4, 0.5) is 10.8 Å². The number of rotatable bonds is 4. The van der Waals surface area contributed by atoms with E-state index in [2.05, 4.69) is 15.6 Å². The predicted molar refractivity (Wildman–Crippen MR) is 77.3 cm³/mol. The molecule has 0 unspecified atom stereocenters. The lowest BCUT2D eigenvalue weighted by Gasteiger charge is -2.02. The number of thiazole rings is 1. The fourth-order valence-corrected chi connectivity index (χ4v) is 2.51. The van der Waals surface area contributed by atoms with Crippen LogP contribution in [0, 0.1) is 0 Å². The van der Waals surface area contributed by atoms with Gasteiger partial charge in [0.15, 0.2) is 5.13 Å². The summed E-state index contributed by atoms with van der Waals surface area (Å²) in [6, 6.07) is 7.73. The summed E-state index contributed by atoms with van der Waals surface area (Å²) in [5.41, 5.74) is 1.32. The Kier molecular flexibility index (Phi) is 3.40. The number of amides is 1. The van der Waals surface area contributed by atoms with E-state index >= 15 is 0 Å². The number of hydrogen-bond donors (Lipinski definition) is 2. The third-order valence-corrected chi connectivity index (χ3v) is 3.72. The van der Waals surface area contributed by atoms with Crippen LogP contribution >= 0.6 is 22.9 Å². The first-order chi connectivity index (χ1) is 9.20. The van der Waals surface area contributed by atoms with Crippen LogP contribution in [0.5, 0.6) is 0 Å². The van der Waals surface area contributed by atoms with Crippen LogP contribution in [0.15, 0.2) is 29.6 Å². The Morgan fingerprint density at radius 3 is 3.00 bits per heavy atom. The molecule has 1 amide bonds. The van der Waals surface area contributed by atoms with Gasteiger partial charge in [0.1, 0.15) is 5.69 Å². The molecule has 1 aliphatic rings. The Balaban J connectivity index is 1.68. The lowest BCUT2D eigenvalue weighted by atomic mass is 10.3. The average Bonchev–Trinajstić information content (AvgIpc) is 3.06. The number of hydrogen-bond acceptors (Lipinski definition) is 4. The molecule has 1 aliphatic carbocycles. The average molecular weight is 294 g/mol. The molecule has 2 N–H and O–H groups in total. The standard InChI is InChI=1S/C13H12ClN3OS/c14-8-2-1-3-10(6-8)16-13-17-11(7-19-13)12(18)15-9-4-5-9/h1-3,6-7,9H,4-5H2,(H,15,18)(H,16,17). The molecular formula is C13H12ClN3OS. The number of aromatic nitrogens is 1. The first kappa shape index (κ1) is 12.4. The third-order valence-electron chi connectivity index (χ3n) is 2.73. The Hall–Kier alpha value is -1.59. The van der Waals surface area contributed by atoms with Crippen LogP contribution in [-0.4, -0.2) is 16.9 Å². The molecule has 3 rings (SSSR count). The van der Waals surface area contributed by atoms with Crippen molar-refractivity contribution in [1.82, 2.24) is 10.3 Å². The van der Waals surface area contributed by atoms with E-state index in [1.54, 1.807) is 5.38 Å². The van der Waals surface area contributed by atoms with Crippen molar-refractivity contribution in [2.45, 2.75) is 18.9 Å². The molecule has 0 bridgehead atoms. The Bertz CT molecular complexity index is 609. The van der Waals surface area contributed by atoms with Gasteiger partial charge in [0.05, 0.1) is 0 Å². The summed E-state index contributed by atoms with van der Waals surface area (Å²) in [5, 5.41) is 9.14. The molecule has 1 fully saturated rings. The molecule has 0 radical (unpaired) electrons. The zero-order valence-electron chi connectivity index (χ0n) is 10.0. The minimum absolute atomic E-state index is 0.0992. The van der Waals surface area contributed by atoms with Crippen molar-refractivity contribution in [3.8, 4) is 0 Å². The van der Waals surface area contributed by atoms with Gasteiger partial charge in [-0.05, 0) is 31.0 Å². The smallest absolute Gasteiger partial charge is 0.271 e. The minimum Gasteiger partial charge on any atom is -0.348 e. The first-order valence-electron chi connectivity index (χ1n) is 6.00. The van der Waals surface area contributed by atoms with Crippen molar-refractivity contribution >= 4 is 39.7 Å². The van der Waals surface area contributed by atoms with Gasteiger partial charge in [-0.2, -0.15) is 0 Å². The summed E-state index contributed by atoms with van der Waals surface area (Å²) < 4.78 is 0. The molecule has 0 aliphatic heterocycles. The quantitative estimate of drug-likeness (QED) is 0.908. The number of halogens is 1. The van der Waals surface area contributed by atoms with E-state index in [0.717, 1.165) is 18.5 Å². The largest absolute Gasteiger partial charge is 0.348 e. The van der Waals surface area contributed by atoms with Crippen molar-refractivity contribution in [2.24, 2.45) is 0 Å². The van der Waals surface area contributed by atoms with E-state index in [-0.39, 0.29) is 5.91 Å². The highest BCUT2D eigenvalue weighted by Gasteiger charge is 2.24. The van der Waals surface area contributed by atoms with E-state index in [1.165, 1.54) is 11.3 Å².